The Kier molecular flexibility index (Phi) is 47.7. The van der Waals surface area contributed by atoms with Crippen LogP contribution in [0.2, 0.25) is 0 Å². The first-order valence-corrected chi connectivity index (χ1v) is 38.9. The molecular weight excluding hydrogens is 1140 g/mol. The van der Waals surface area contributed by atoms with Crippen molar-refractivity contribution in [3.05, 3.63) is 0 Å². The molecule has 4 aliphatic heterocycles. The molecule has 10 aliphatic rings. The van der Waals surface area contributed by atoms with Crippen LogP contribution in [0.15, 0.2) is 0 Å². The van der Waals surface area contributed by atoms with E-state index in [-0.39, 0.29) is 5.54 Å². The highest BCUT2D eigenvalue weighted by molar-refractivity contribution is 4.92. The highest BCUT2D eigenvalue weighted by Crippen LogP contribution is 2.39. The minimum absolute atomic E-state index is 0.272. The molecule has 14 nitrogen and oxygen atoms in total. The average Bonchev–Trinajstić information content (AvgIpc) is 0.883. The van der Waals surface area contributed by atoms with Crippen LogP contribution in [-0.4, -0.2) is 175 Å². The molecule has 0 amide bonds. The predicted octanol–water partition coefficient (Wildman–Crippen LogP) is 14.6. The quantitative estimate of drug-likeness (QED) is 0.0399. The van der Waals surface area contributed by atoms with E-state index >= 15 is 0 Å². The zero-order chi connectivity index (χ0) is 69.5. The number of nitrogens with one attached hydrogen (secondary N) is 10. The molecule has 0 aromatic heterocycles. The Morgan fingerprint density at radius 2 is 0.772 bits per heavy atom. The van der Waals surface area contributed by atoms with Gasteiger partial charge in [-0.05, 0) is 134 Å². The van der Waals surface area contributed by atoms with Gasteiger partial charge in [0.2, 0.25) is 0 Å². The van der Waals surface area contributed by atoms with Crippen molar-refractivity contribution in [1.29, 1.82) is 0 Å². The van der Waals surface area contributed by atoms with E-state index in [1.165, 1.54) is 129 Å². The smallest absolute Gasteiger partial charge is 0.0669 e. The van der Waals surface area contributed by atoms with Gasteiger partial charge in [-0.2, -0.15) is 0 Å². The highest BCUT2D eigenvalue weighted by atomic mass is 16.5. The van der Waals surface area contributed by atoms with Crippen LogP contribution >= 0.6 is 0 Å². The Hall–Kier alpha value is -0.560. The minimum Gasteiger partial charge on any atom is -0.381 e. The van der Waals surface area contributed by atoms with Crippen LogP contribution in [0.3, 0.4) is 0 Å². The molecule has 552 valence electrons. The largest absolute Gasteiger partial charge is 0.381 e. The van der Waals surface area contributed by atoms with E-state index in [0.717, 1.165) is 108 Å². The van der Waals surface area contributed by atoms with Gasteiger partial charge in [0.05, 0.1) is 64.4 Å². The van der Waals surface area contributed by atoms with Gasteiger partial charge in [-0.25, -0.2) is 0 Å². The van der Waals surface area contributed by atoms with Gasteiger partial charge >= 0.3 is 0 Å². The predicted molar refractivity (Wildman–Crippen MR) is 402 cm³/mol. The number of ether oxygens (including phenoxy) is 4. The van der Waals surface area contributed by atoms with Gasteiger partial charge in [0.15, 0.2) is 0 Å². The molecule has 0 aromatic carbocycles. The minimum atomic E-state index is 0.272. The molecule has 0 aromatic rings. The second kappa shape index (κ2) is 49.1. The lowest BCUT2D eigenvalue weighted by Crippen LogP contribution is -2.60. The van der Waals surface area contributed by atoms with Crippen LogP contribution in [0.25, 0.3) is 0 Å². The molecular formula is C78H166N10O4. The van der Waals surface area contributed by atoms with E-state index in [1.54, 1.807) is 0 Å². The number of hydrogen-bond donors (Lipinski definition) is 10. The van der Waals surface area contributed by atoms with Gasteiger partial charge < -0.3 is 72.1 Å². The molecule has 4 saturated heterocycles. The Labute approximate surface area is 574 Å². The molecule has 1 unspecified atom stereocenters. The number of hydrogen-bond acceptors (Lipinski definition) is 14. The molecule has 0 radical (unpaired) electrons. The van der Waals surface area contributed by atoms with Crippen molar-refractivity contribution < 1.29 is 18.9 Å². The van der Waals surface area contributed by atoms with Crippen LogP contribution < -0.4 is 53.2 Å². The SMILES string of the molecule is CC(C)NC(C)(C)C1CCC1.CC(C)NC(C)C1CCC1.CC(C)NC1(C)COC1.CC(C)NC1CCC1.CC(C)NC1CCC1.CC(C)NC1COC1.CC(C)NCC1(C)CCC1.CC(C)NCC1(C)COC1.CC(C)NCC1CCC1.CC(C)NCC1COC1. The summed E-state index contributed by atoms with van der Waals surface area (Å²) in [6.07, 6.45) is 25.8. The zero-order valence-electron chi connectivity index (χ0n) is 66.2. The Morgan fingerprint density at radius 1 is 0.370 bits per heavy atom. The molecule has 10 N–H and O–H groups in total. The molecule has 0 bridgehead atoms. The second-order valence-corrected chi connectivity index (χ2v) is 34.6. The fourth-order valence-corrected chi connectivity index (χ4v) is 12.0. The summed E-state index contributed by atoms with van der Waals surface area (Å²) in [5, 5.41) is 34.6. The molecule has 6 saturated carbocycles. The van der Waals surface area contributed by atoms with Gasteiger partial charge in [-0.3, -0.25) is 0 Å². The van der Waals surface area contributed by atoms with Crippen LogP contribution in [0.5, 0.6) is 0 Å². The standard InChI is InChI=1S/C10H21N.2C9H19N.C8H17NO.C8H17N.2C7H15NO.2C7H15N.C6H13NO/c1-8(2)11-10(3,4)9-6-5-7-9;1-8(2)10-7-9(3)5-4-6-9;1-7(2)10-8(3)9-5-4-6-9;1-7(2)9-4-8(3)5-10-6-8;1-7(2)9-6-8-4-3-5-8;1-6(2)8-7(3)4-9-5-7;1-6(2)8-3-7-4-9-5-7;2*1-6(2)8-7-4-3-5-7;1-5(2)7-6-3-8-4-6/h8-9,11H,5-7H2,1-4H3;8,10H,4-7H2,1-3H3;7-10H,4-6H2,1-3H3;7,9H,4-6H2,1-3H3;7-9H,3-6H2,1-2H3;6,8H,4-5H2,1-3H3;6-8H,3-5H2,1-2H3;2*6-8H,3-5H2,1-2H3;5-7H,3-4H2,1-2H3. The third kappa shape index (κ3) is 45.9. The van der Waals surface area contributed by atoms with Crippen molar-refractivity contribution in [2.45, 2.75) is 391 Å². The van der Waals surface area contributed by atoms with Gasteiger partial charge in [-0.1, -0.05) is 191 Å². The summed E-state index contributed by atoms with van der Waals surface area (Å²) in [7, 11) is 0. The second-order valence-electron chi connectivity index (χ2n) is 34.6. The molecule has 6 aliphatic carbocycles. The van der Waals surface area contributed by atoms with Crippen LogP contribution in [0.1, 0.15) is 296 Å². The molecule has 14 heteroatoms. The maximum Gasteiger partial charge on any atom is 0.0669 e. The first-order valence-electron chi connectivity index (χ1n) is 38.9. The monoisotopic (exact) mass is 1310 g/mol. The topological polar surface area (TPSA) is 157 Å². The lowest BCUT2D eigenvalue weighted by molar-refractivity contribution is -0.0996. The molecule has 1 atom stereocenters. The molecule has 0 spiro atoms. The van der Waals surface area contributed by atoms with E-state index < -0.39 is 0 Å². The zero-order valence-corrected chi connectivity index (χ0v) is 66.2. The van der Waals surface area contributed by atoms with Crippen molar-refractivity contribution >= 4 is 0 Å². The van der Waals surface area contributed by atoms with Crippen molar-refractivity contribution in [2.24, 2.45) is 34.5 Å². The maximum absolute atomic E-state index is 5.13. The Balaban J connectivity index is 0.000000512. The van der Waals surface area contributed by atoms with Crippen molar-refractivity contribution in [1.82, 2.24) is 53.2 Å². The lowest BCUT2D eigenvalue weighted by atomic mass is 9.70. The fraction of sp³-hybridized carbons (Fsp3) is 1.00. The third-order valence-corrected chi connectivity index (χ3v) is 19.2. The summed E-state index contributed by atoms with van der Waals surface area (Å²) >= 11 is 0. The summed E-state index contributed by atoms with van der Waals surface area (Å²) in [6.45, 7) is 69.6. The van der Waals surface area contributed by atoms with Crippen LogP contribution in [0, 0.1) is 34.5 Å². The van der Waals surface area contributed by atoms with Gasteiger partial charge in [-0.15, -0.1) is 0 Å². The van der Waals surface area contributed by atoms with Gasteiger partial charge in [0.1, 0.15) is 0 Å². The number of rotatable bonds is 26. The van der Waals surface area contributed by atoms with Crippen molar-refractivity contribution in [2.75, 3.05) is 79.0 Å². The van der Waals surface area contributed by atoms with E-state index in [9.17, 15) is 0 Å². The first-order chi connectivity index (χ1) is 43.0. The molecule has 4 heterocycles. The highest BCUT2D eigenvalue weighted by Gasteiger charge is 2.36. The lowest BCUT2D eigenvalue weighted by Gasteiger charge is -2.42. The van der Waals surface area contributed by atoms with Crippen molar-refractivity contribution in [3.63, 3.8) is 0 Å². The Morgan fingerprint density at radius 3 is 0.978 bits per heavy atom. The summed E-state index contributed by atoms with van der Waals surface area (Å²) in [5.74, 6) is 3.69. The van der Waals surface area contributed by atoms with Crippen LogP contribution in [-0.2, 0) is 18.9 Å². The summed E-state index contributed by atoms with van der Waals surface area (Å²) in [6, 6.07) is 9.42. The van der Waals surface area contributed by atoms with Gasteiger partial charge in [0, 0.05) is 115 Å². The first kappa shape index (κ1) is 89.5. The average molecular weight is 1310 g/mol. The van der Waals surface area contributed by atoms with Crippen molar-refractivity contribution in [3.8, 4) is 0 Å². The normalized spacial score (nSPS) is 21.8. The van der Waals surface area contributed by atoms with E-state index in [1.807, 2.05) is 0 Å². The third-order valence-electron chi connectivity index (χ3n) is 19.2. The molecule has 92 heavy (non-hydrogen) atoms. The molecule has 10 rings (SSSR count). The van der Waals surface area contributed by atoms with Gasteiger partial charge in [0.25, 0.3) is 0 Å². The Bertz CT molecular complexity index is 1590. The molecule has 10 fully saturated rings. The van der Waals surface area contributed by atoms with E-state index in [0.29, 0.717) is 82.8 Å². The van der Waals surface area contributed by atoms with E-state index in [2.05, 4.69) is 233 Å². The summed E-state index contributed by atoms with van der Waals surface area (Å²) < 4.78 is 20.2. The maximum atomic E-state index is 5.13. The van der Waals surface area contributed by atoms with E-state index in [4.69, 9.17) is 18.9 Å². The summed E-state index contributed by atoms with van der Waals surface area (Å²) in [4.78, 5) is 0. The summed E-state index contributed by atoms with van der Waals surface area (Å²) in [5.41, 5.74) is 1.70. The van der Waals surface area contributed by atoms with Crippen LogP contribution in [0.4, 0.5) is 0 Å². The fourth-order valence-electron chi connectivity index (χ4n) is 12.0.